The maximum atomic E-state index is 9.83. The Morgan fingerprint density at radius 3 is 2.43 bits per heavy atom. The molecule has 1 saturated heterocycles. The summed E-state index contributed by atoms with van der Waals surface area (Å²) in [5.74, 6) is 0.511. The first-order chi connectivity index (χ1) is 6.66. The van der Waals surface area contributed by atoms with Crippen molar-refractivity contribution in [1.82, 2.24) is 4.90 Å². The molecule has 0 aromatic rings. The maximum absolute atomic E-state index is 9.83. The lowest BCUT2D eigenvalue weighted by atomic mass is 9.87. The van der Waals surface area contributed by atoms with Crippen LogP contribution in [0.5, 0.6) is 0 Å². The van der Waals surface area contributed by atoms with Crippen LogP contribution < -0.4 is 5.73 Å². The molecule has 1 fully saturated rings. The smallest absolute Gasteiger partial charge is 0.0819 e. The maximum Gasteiger partial charge on any atom is 0.0819 e. The molecule has 0 saturated carbocycles. The van der Waals surface area contributed by atoms with Crippen LogP contribution in [0.3, 0.4) is 0 Å². The van der Waals surface area contributed by atoms with Gasteiger partial charge in [-0.05, 0) is 32.9 Å². The SMILES string of the molecule is CN(C)C(C(O)CN)C1CCOCC1. The fourth-order valence-corrected chi connectivity index (χ4v) is 2.28. The highest BCUT2D eigenvalue weighted by molar-refractivity contribution is 4.84. The monoisotopic (exact) mass is 202 g/mol. The average molecular weight is 202 g/mol. The Hall–Kier alpha value is -0.160. The van der Waals surface area contributed by atoms with Crippen LogP contribution in [0.1, 0.15) is 12.8 Å². The van der Waals surface area contributed by atoms with E-state index >= 15 is 0 Å². The number of aliphatic hydroxyl groups excluding tert-OH is 1. The van der Waals surface area contributed by atoms with Crippen LogP contribution in [-0.2, 0) is 4.74 Å². The van der Waals surface area contributed by atoms with E-state index in [2.05, 4.69) is 4.90 Å². The van der Waals surface area contributed by atoms with Gasteiger partial charge in [-0.15, -0.1) is 0 Å². The third-order valence-electron chi connectivity index (χ3n) is 2.98. The quantitative estimate of drug-likeness (QED) is 0.655. The zero-order valence-corrected chi connectivity index (χ0v) is 9.15. The zero-order chi connectivity index (χ0) is 10.6. The van der Waals surface area contributed by atoms with Gasteiger partial charge in [0.05, 0.1) is 6.10 Å². The lowest BCUT2D eigenvalue weighted by molar-refractivity contribution is -0.00780. The van der Waals surface area contributed by atoms with Gasteiger partial charge < -0.3 is 20.5 Å². The van der Waals surface area contributed by atoms with Crippen molar-refractivity contribution in [1.29, 1.82) is 0 Å². The zero-order valence-electron chi connectivity index (χ0n) is 9.15. The fraction of sp³-hybridized carbons (Fsp3) is 1.00. The molecule has 0 aromatic heterocycles. The second kappa shape index (κ2) is 5.66. The first kappa shape index (κ1) is 11.9. The van der Waals surface area contributed by atoms with Crippen molar-refractivity contribution in [3.8, 4) is 0 Å². The van der Waals surface area contributed by atoms with Gasteiger partial charge in [0.15, 0.2) is 0 Å². The number of nitrogens with two attached hydrogens (primary N) is 1. The molecule has 2 unspecified atom stereocenters. The summed E-state index contributed by atoms with van der Waals surface area (Å²) in [5.41, 5.74) is 5.51. The van der Waals surface area contributed by atoms with E-state index in [1.54, 1.807) is 0 Å². The molecule has 0 aromatic carbocycles. The second-order valence-corrected chi connectivity index (χ2v) is 4.21. The average Bonchev–Trinajstić information content (AvgIpc) is 2.19. The summed E-state index contributed by atoms with van der Waals surface area (Å²) in [6, 6.07) is 0.170. The van der Waals surface area contributed by atoms with Crippen LogP contribution in [0.25, 0.3) is 0 Å². The molecular weight excluding hydrogens is 180 g/mol. The largest absolute Gasteiger partial charge is 0.390 e. The Morgan fingerprint density at radius 1 is 1.43 bits per heavy atom. The predicted octanol–water partition coefficient (Wildman–Crippen LogP) is -0.337. The Morgan fingerprint density at radius 2 is 2.00 bits per heavy atom. The summed E-state index contributed by atoms with van der Waals surface area (Å²) in [6.07, 6.45) is 1.63. The minimum Gasteiger partial charge on any atom is -0.390 e. The van der Waals surface area contributed by atoms with E-state index in [4.69, 9.17) is 10.5 Å². The summed E-state index contributed by atoms with van der Waals surface area (Å²) >= 11 is 0. The van der Waals surface area contributed by atoms with Crippen LogP contribution in [-0.4, -0.2) is 56.0 Å². The molecule has 0 spiro atoms. The van der Waals surface area contributed by atoms with Gasteiger partial charge in [-0.3, -0.25) is 0 Å². The van der Waals surface area contributed by atoms with Crippen molar-refractivity contribution in [2.75, 3.05) is 33.9 Å². The highest BCUT2D eigenvalue weighted by atomic mass is 16.5. The van der Waals surface area contributed by atoms with Crippen LogP contribution in [0, 0.1) is 5.92 Å². The molecular formula is C10H22N2O2. The van der Waals surface area contributed by atoms with E-state index in [1.165, 1.54) is 0 Å². The van der Waals surface area contributed by atoms with Crippen molar-refractivity contribution >= 4 is 0 Å². The number of likely N-dealkylation sites (N-methyl/N-ethyl adjacent to an activating group) is 1. The minimum atomic E-state index is -0.423. The summed E-state index contributed by atoms with van der Waals surface area (Å²) in [5, 5.41) is 9.83. The van der Waals surface area contributed by atoms with Crippen LogP contribution >= 0.6 is 0 Å². The van der Waals surface area contributed by atoms with Gasteiger partial charge in [0, 0.05) is 25.8 Å². The van der Waals surface area contributed by atoms with E-state index in [1.807, 2.05) is 14.1 Å². The first-order valence-corrected chi connectivity index (χ1v) is 5.29. The number of aliphatic hydroxyl groups is 1. The highest BCUT2D eigenvalue weighted by Crippen LogP contribution is 2.23. The molecule has 84 valence electrons. The first-order valence-electron chi connectivity index (χ1n) is 5.29. The van der Waals surface area contributed by atoms with Gasteiger partial charge >= 0.3 is 0 Å². The van der Waals surface area contributed by atoms with Crippen molar-refractivity contribution in [2.45, 2.75) is 25.0 Å². The van der Waals surface area contributed by atoms with Gasteiger partial charge in [0.1, 0.15) is 0 Å². The Kier molecular flexibility index (Phi) is 4.81. The summed E-state index contributed by atoms with van der Waals surface area (Å²) in [7, 11) is 4.00. The molecule has 14 heavy (non-hydrogen) atoms. The Labute approximate surface area is 86.0 Å². The van der Waals surface area contributed by atoms with Crippen LogP contribution in [0.2, 0.25) is 0 Å². The van der Waals surface area contributed by atoms with Crippen molar-refractivity contribution < 1.29 is 9.84 Å². The van der Waals surface area contributed by atoms with Gasteiger partial charge in [0.25, 0.3) is 0 Å². The molecule has 1 rings (SSSR count). The number of rotatable bonds is 4. The Bertz CT molecular complexity index is 158. The van der Waals surface area contributed by atoms with Gasteiger partial charge in [0.2, 0.25) is 0 Å². The standard InChI is InChI=1S/C10H22N2O2/c1-12(2)10(9(13)7-11)8-3-5-14-6-4-8/h8-10,13H,3-7,11H2,1-2H3. The number of nitrogens with zero attached hydrogens (tertiary/aromatic N) is 1. The number of ether oxygens (including phenoxy) is 1. The molecule has 0 aliphatic carbocycles. The van der Waals surface area contributed by atoms with E-state index in [0.717, 1.165) is 26.1 Å². The van der Waals surface area contributed by atoms with E-state index < -0.39 is 6.10 Å². The van der Waals surface area contributed by atoms with Crippen LogP contribution in [0.15, 0.2) is 0 Å². The summed E-state index contributed by atoms with van der Waals surface area (Å²) in [4.78, 5) is 2.08. The lowest BCUT2D eigenvalue weighted by Gasteiger charge is -2.37. The fourth-order valence-electron chi connectivity index (χ4n) is 2.28. The van der Waals surface area contributed by atoms with Gasteiger partial charge in [-0.25, -0.2) is 0 Å². The predicted molar refractivity (Wildman–Crippen MR) is 56.1 cm³/mol. The molecule has 0 amide bonds. The van der Waals surface area contributed by atoms with Crippen LogP contribution in [0.4, 0.5) is 0 Å². The molecule has 1 heterocycles. The topological polar surface area (TPSA) is 58.7 Å². The molecule has 4 nitrogen and oxygen atoms in total. The highest BCUT2D eigenvalue weighted by Gasteiger charge is 2.30. The van der Waals surface area contributed by atoms with Crippen molar-refractivity contribution in [3.05, 3.63) is 0 Å². The molecule has 4 heteroatoms. The van der Waals surface area contributed by atoms with E-state index in [0.29, 0.717) is 12.5 Å². The third-order valence-corrected chi connectivity index (χ3v) is 2.98. The molecule has 3 N–H and O–H groups in total. The Balaban J connectivity index is 2.56. The third kappa shape index (κ3) is 2.92. The number of hydrogen-bond acceptors (Lipinski definition) is 4. The van der Waals surface area contributed by atoms with E-state index in [-0.39, 0.29) is 6.04 Å². The van der Waals surface area contributed by atoms with E-state index in [9.17, 15) is 5.11 Å². The van der Waals surface area contributed by atoms with Gasteiger partial charge in [-0.2, -0.15) is 0 Å². The minimum absolute atomic E-state index is 0.170. The molecule has 0 radical (unpaired) electrons. The van der Waals surface area contributed by atoms with Crippen molar-refractivity contribution in [3.63, 3.8) is 0 Å². The number of hydrogen-bond donors (Lipinski definition) is 2. The molecule has 2 atom stereocenters. The lowest BCUT2D eigenvalue weighted by Crippen LogP contribution is -2.49. The molecule has 1 aliphatic heterocycles. The summed E-state index contributed by atoms with van der Waals surface area (Å²) in [6.45, 7) is 1.96. The normalized spacial score (nSPS) is 23.8. The molecule has 1 aliphatic rings. The van der Waals surface area contributed by atoms with Gasteiger partial charge in [-0.1, -0.05) is 0 Å². The van der Waals surface area contributed by atoms with Crippen molar-refractivity contribution in [2.24, 2.45) is 11.7 Å². The molecule has 0 bridgehead atoms. The second-order valence-electron chi connectivity index (χ2n) is 4.21. The summed E-state index contributed by atoms with van der Waals surface area (Å²) < 4.78 is 5.31.